The molecule has 4 heteroatoms. The second-order valence-corrected chi connectivity index (χ2v) is 3.76. The second kappa shape index (κ2) is 4.10. The topological polar surface area (TPSA) is 26.0 Å². The Morgan fingerprint density at radius 3 is 2.19 bits per heavy atom. The van der Waals surface area contributed by atoms with Crippen LogP contribution < -0.4 is 5.73 Å². The van der Waals surface area contributed by atoms with Crippen LogP contribution in [0.4, 0.5) is 14.5 Å². The van der Waals surface area contributed by atoms with Crippen molar-refractivity contribution in [3.8, 4) is 11.1 Å². The van der Waals surface area contributed by atoms with E-state index < -0.39 is 11.6 Å². The van der Waals surface area contributed by atoms with E-state index in [2.05, 4.69) is 0 Å². The molecule has 1 nitrogen and oxygen atoms in total. The van der Waals surface area contributed by atoms with Gasteiger partial charge in [0.05, 0.1) is 5.02 Å². The third-order valence-electron chi connectivity index (χ3n) is 2.24. The molecular weight excluding hydrogens is 232 g/mol. The predicted molar refractivity (Wildman–Crippen MR) is 61.2 cm³/mol. The number of benzene rings is 2. The third-order valence-corrected chi connectivity index (χ3v) is 2.55. The zero-order chi connectivity index (χ0) is 11.7. The number of nitrogen functional groups attached to an aromatic ring is 1. The number of halogens is 3. The normalized spacial score (nSPS) is 10.4. The van der Waals surface area contributed by atoms with Crippen molar-refractivity contribution in [3.05, 3.63) is 53.1 Å². The van der Waals surface area contributed by atoms with Crippen molar-refractivity contribution in [2.24, 2.45) is 0 Å². The number of anilines is 1. The van der Waals surface area contributed by atoms with Gasteiger partial charge in [-0.25, -0.2) is 8.78 Å². The first kappa shape index (κ1) is 10.9. The highest BCUT2D eigenvalue weighted by Crippen LogP contribution is 2.32. The van der Waals surface area contributed by atoms with Crippen molar-refractivity contribution in [3.63, 3.8) is 0 Å². The summed E-state index contributed by atoms with van der Waals surface area (Å²) in [5.41, 5.74) is 7.08. The Kier molecular flexibility index (Phi) is 2.79. The summed E-state index contributed by atoms with van der Waals surface area (Å²) in [6.45, 7) is 0. The Balaban J connectivity index is 2.62. The van der Waals surface area contributed by atoms with Crippen LogP contribution in [0.15, 0.2) is 36.4 Å². The summed E-state index contributed by atoms with van der Waals surface area (Å²) < 4.78 is 25.9. The first-order chi connectivity index (χ1) is 7.58. The van der Waals surface area contributed by atoms with Gasteiger partial charge in [-0.15, -0.1) is 0 Å². The lowest BCUT2D eigenvalue weighted by Gasteiger charge is -2.08. The van der Waals surface area contributed by atoms with E-state index in [1.807, 2.05) is 0 Å². The minimum Gasteiger partial charge on any atom is -0.398 e. The van der Waals surface area contributed by atoms with Gasteiger partial charge >= 0.3 is 0 Å². The third kappa shape index (κ3) is 1.99. The van der Waals surface area contributed by atoms with Crippen LogP contribution in [0.5, 0.6) is 0 Å². The molecule has 2 aromatic carbocycles. The van der Waals surface area contributed by atoms with Gasteiger partial charge in [-0.2, -0.15) is 0 Å². The van der Waals surface area contributed by atoms with Crippen molar-refractivity contribution >= 4 is 17.3 Å². The van der Waals surface area contributed by atoms with Crippen LogP contribution in [0.3, 0.4) is 0 Å². The molecule has 0 saturated carbocycles. The van der Waals surface area contributed by atoms with Crippen LogP contribution in [-0.2, 0) is 0 Å². The fraction of sp³-hybridized carbons (Fsp3) is 0. The summed E-state index contributed by atoms with van der Waals surface area (Å²) >= 11 is 5.87. The number of hydrogen-bond donors (Lipinski definition) is 1. The average molecular weight is 240 g/mol. The standard InChI is InChI=1S/C12H8ClF2N/c13-11-6-8(15)1-3-9(11)10-5-7(14)2-4-12(10)16/h1-6H,16H2. The highest BCUT2D eigenvalue weighted by Gasteiger charge is 2.08. The molecular formula is C12H8ClF2N. The van der Waals surface area contributed by atoms with Crippen molar-refractivity contribution in [2.75, 3.05) is 5.73 Å². The molecule has 2 N–H and O–H groups in total. The minimum atomic E-state index is -0.441. The van der Waals surface area contributed by atoms with E-state index in [-0.39, 0.29) is 5.02 Å². The molecule has 2 rings (SSSR count). The molecule has 0 aliphatic carbocycles. The van der Waals surface area contributed by atoms with Crippen molar-refractivity contribution in [1.82, 2.24) is 0 Å². The summed E-state index contributed by atoms with van der Waals surface area (Å²) in [5.74, 6) is -0.853. The lowest BCUT2D eigenvalue weighted by molar-refractivity contribution is 0.627. The Bertz CT molecular complexity index is 541. The second-order valence-electron chi connectivity index (χ2n) is 3.36. The molecule has 0 radical (unpaired) electrons. The van der Waals surface area contributed by atoms with Crippen LogP contribution in [0.1, 0.15) is 0 Å². The maximum absolute atomic E-state index is 13.1. The molecule has 16 heavy (non-hydrogen) atoms. The maximum atomic E-state index is 13.1. The van der Waals surface area contributed by atoms with E-state index >= 15 is 0 Å². The Hall–Kier alpha value is -1.61. The molecule has 0 heterocycles. The first-order valence-corrected chi connectivity index (χ1v) is 4.96. The van der Waals surface area contributed by atoms with Crippen LogP contribution in [0, 0.1) is 11.6 Å². The van der Waals surface area contributed by atoms with Gasteiger partial charge < -0.3 is 5.73 Å². The molecule has 0 bridgehead atoms. The summed E-state index contributed by atoms with van der Waals surface area (Å²) in [7, 11) is 0. The molecule has 82 valence electrons. The van der Waals surface area contributed by atoms with Gasteiger partial charge in [0.2, 0.25) is 0 Å². The lowest BCUT2D eigenvalue weighted by atomic mass is 10.0. The highest BCUT2D eigenvalue weighted by molar-refractivity contribution is 6.33. The van der Waals surface area contributed by atoms with E-state index in [0.717, 1.165) is 0 Å². The van der Waals surface area contributed by atoms with Gasteiger partial charge in [0.15, 0.2) is 0 Å². The summed E-state index contributed by atoms with van der Waals surface area (Å²) in [6, 6.07) is 7.88. The summed E-state index contributed by atoms with van der Waals surface area (Å²) in [6.07, 6.45) is 0. The predicted octanol–water partition coefficient (Wildman–Crippen LogP) is 3.87. The molecule has 0 aliphatic heterocycles. The largest absolute Gasteiger partial charge is 0.398 e. The zero-order valence-corrected chi connectivity index (χ0v) is 8.93. The molecule has 0 atom stereocenters. The molecule has 0 aliphatic rings. The number of nitrogens with two attached hydrogens (primary N) is 1. The van der Waals surface area contributed by atoms with Crippen LogP contribution in [0.25, 0.3) is 11.1 Å². The van der Waals surface area contributed by atoms with E-state index in [4.69, 9.17) is 17.3 Å². The molecule has 0 fully saturated rings. The molecule has 0 unspecified atom stereocenters. The molecule has 0 amide bonds. The van der Waals surface area contributed by atoms with E-state index in [9.17, 15) is 8.78 Å². The summed E-state index contributed by atoms with van der Waals surface area (Å²) in [5, 5.41) is 0.206. The fourth-order valence-electron chi connectivity index (χ4n) is 1.47. The number of rotatable bonds is 1. The smallest absolute Gasteiger partial charge is 0.124 e. The number of hydrogen-bond acceptors (Lipinski definition) is 1. The van der Waals surface area contributed by atoms with Gasteiger partial charge in [0.25, 0.3) is 0 Å². The Morgan fingerprint density at radius 1 is 0.875 bits per heavy atom. The average Bonchev–Trinajstić information content (AvgIpc) is 2.22. The van der Waals surface area contributed by atoms with E-state index in [1.165, 1.54) is 36.4 Å². The van der Waals surface area contributed by atoms with Gasteiger partial charge in [-0.1, -0.05) is 11.6 Å². The zero-order valence-electron chi connectivity index (χ0n) is 8.18. The SMILES string of the molecule is Nc1ccc(F)cc1-c1ccc(F)cc1Cl. The van der Waals surface area contributed by atoms with Crippen LogP contribution in [-0.4, -0.2) is 0 Å². The van der Waals surface area contributed by atoms with Crippen molar-refractivity contribution < 1.29 is 8.78 Å². The van der Waals surface area contributed by atoms with Crippen molar-refractivity contribution in [1.29, 1.82) is 0 Å². The molecule has 0 saturated heterocycles. The van der Waals surface area contributed by atoms with Crippen LogP contribution in [0.2, 0.25) is 5.02 Å². The van der Waals surface area contributed by atoms with Gasteiger partial charge in [-0.3, -0.25) is 0 Å². The molecule has 0 aromatic heterocycles. The van der Waals surface area contributed by atoms with Crippen molar-refractivity contribution in [2.45, 2.75) is 0 Å². The fourth-order valence-corrected chi connectivity index (χ4v) is 1.74. The lowest BCUT2D eigenvalue weighted by Crippen LogP contribution is -1.92. The minimum absolute atomic E-state index is 0.206. The van der Waals surface area contributed by atoms with Gasteiger partial charge in [-0.05, 0) is 36.4 Å². The van der Waals surface area contributed by atoms with Gasteiger partial charge in [0, 0.05) is 16.8 Å². The van der Waals surface area contributed by atoms with E-state index in [1.54, 1.807) is 0 Å². The molecule has 0 spiro atoms. The molecule has 2 aromatic rings. The Morgan fingerprint density at radius 2 is 1.50 bits per heavy atom. The maximum Gasteiger partial charge on any atom is 0.124 e. The van der Waals surface area contributed by atoms with Gasteiger partial charge in [0.1, 0.15) is 11.6 Å². The first-order valence-electron chi connectivity index (χ1n) is 4.58. The summed E-state index contributed by atoms with van der Waals surface area (Å²) in [4.78, 5) is 0. The van der Waals surface area contributed by atoms with E-state index in [0.29, 0.717) is 16.8 Å². The monoisotopic (exact) mass is 239 g/mol. The van der Waals surface area contributed by atoms with Crippen LogP contribution >= 0.6 is 11.6 Å². The highest BCUT2D eigenvalue weighted by atomic mass is 35.5. The quantitative estimate of drug-likeness (QED) is 0.751. The Labute approximate surface area is 96.5 Å².